The van der Waals surface area contributed by atoms with Crippen molar-refractivity contribution in [3.05, 3.63) is 87.6 Å². The predicted molar refractivity (Wildman–Crippen MR) is 106 cm³/mol. The topological polar surface area (TPSA) is 83.6 Å². The summed E-state index contributed by atoms with van der Waals surface area (Å²) >= 11 is 1.28. The molecular formula is C21H17F3N2O3S. The van der Waals surface area contributed by atoms with Crippen LogP contribution in [0.2, 0.25) is 0 Å². The van der Waals surface area contributed by atoms with E-state index in [-0.39, 0.29) is 23.4 Å². The van der Waals surface area contributed by atoms with Gasteiger partial charge in [0.2, 0.25) is 5.91 Å². The molecule has 2 aromatic carbocycles. The van der Waals surface area contributed by atoms with E-state index in [4.69, 9.17) is 5.73 Å². The van der Waals surface area contributed by atoms with Crippen LogP contribution in [0.15, 0.2) is 65.4 Å². The van der Waals surface area contributed by atoms with Gasteiger partial charge in [-0.25, -0.2) is 0 Å². The Balaban J connectivity index is 2.07. The molecule has 2 amide bonds. The molecule has 3 rings (SSSR count). The molecule has 1 aromatic heterocycles. The lowest BCUT2D eigenvalue weighted by Gasteiger charge is -2.30. The summed E-state index contributed by atoms with van der Waals surface area (Å²) in [5, 5.41) is 13.4. The number of primary amides is 1. The maximum absolute atomic E-state index is 13.2. The number of phenols is 1. The molecular weight excluding hydrogens is 417 g/mol. The lowest BCUT2D eigenvalue weighted by atomic mass is 10.0. The van der Waals surface area contributed by atoms with Crippen LogP contribution in [0.1, 0.15) is 33.1 Å². The molecule has 1 heterocycles. The number of nitrogens with zero attached hydrogens (tertiary/aromatic N) is 1. The van der Waals surface area contributed by atoms with Gasteiger partial charge in [0.05, 0.1) is 11.1 Å². The summed E-state index contributed by atoms with van der Waals surface area (Å²) in [6, 6.07) is 10.6. The van der Waals surface area contributed by atoms with Crippen molar-refractivity contribution in [3.63, 3.8) is 0 Å². The van der Waals surface area contributed by atoms with E-state index >= 15 is 0 Å². The summed E-state index contributed by atoms with van der Waals surface area (Å²) in [4.78, 5) is 26.6. The molecule has 5 nitrogen and oxygen atoms in total. The highest BCUT2D eigenvalue weighted by Gasteiger charge is 2.34. The maximum Gasteiger partial charge on any atom is 0.416 e. The molecule has 3 aromatic rings. The Morgan fingerprint density at radius 3 is 2.43 bits per heavy atom. The van der Waals surface area contributed by atoms with Crippen LogP contribution in [0.25, 0.3) is 0 Å². The predicted octanol–water partition coefficient (Wildman–Crippen LogP) is 4.34. The summed E-state index contributed by atoms with van der Waals surface area (Å²) in [5.41, 5.74) is 5.19. The number of phenolic OH excluding ortho intramolecular Hbond substituents is 1. The van der Waals surface area contributed by atoms with Crippen LogP contribution >= 0.6 is 11.3 Å². The number of halogens is 3. The van der Waals surface area contributed by atoms with Crippen molar-refractivity contribution in [2.75, 3.05) is 0 Å². The largest absolute Gasteiger partial charge is 0.507 e. The molecule has 30 heavy (non-hydrogen) atoms. The Hall–Kier alpha value is -3.33. The van der Waals surface area contributed by atoms with Gasteiger partial charge in [-0.3, -0.25) is 9.59 Å². The number of benzene rings is 2. The average Bonchev–Trinajstić information content (AvgIpc) is 3.21. The summed E-state index contributed by atoms with van der Waals surface area (Å²) in [6.07, 6.45) is -4.56. The van der Waals surface area contributed by atoms with Crippen molar-refractivity contribution in [3.8, 4) is 5.75 Å². The number of aromatic hydroxyl groups is 1. The fourth-order valence-corrected chi connectivity index (χ4v) is 3.74. The van der Waals surface area contributed by atoms with Crippen LogP contribution in [0.4, 0.5) is 13.2 Å². The van der Waals surface area contributed by atoms with Crippen molar-refractivity contribution in [1.29, 1.82) is 0 Å². The monoisotopic (exact) mass is 434 g/mol. The Labute approximate surface area is 174 Å². The van der Waals surface area contributed by atoms with Crippen molar-refractivity contribution >= 4 is 23.2 Å². The van der Waals surface area contributed by atoms with Gasteiger partial charge in [0.1, 0.15) is 11.8 Å². The van der Waals surface area contributed by atoms with Gasteiger partial charge in [-0.1, -0.05) is 24.3 Å². The molecule has 0 saturated carbocycles. The minimum atomic E-state index is -4.56. The lowest BCUT2D eigenvalue weighted by Crippen LogP contribution is -2.41. The Kier molecular flexibility index (Phi) is 6.12. The first-order chi connectivity index (χ1) is 14.2. The fourth-order valence-electron chi connectivity index (χ4n) is 3.06. The summed E-state index contributed by atoms with van der Waals surface area (Å²) in [7, 11) is 0. The molecule has 0 fully saturated rings. The highest BCUT2D eigenvalue weighted by molar-refractivity contribution is 7.08. The van der Waals surface area contributed by atoms with Gasteiger partial charge in [0.15, 0.2) is 0 Å². The van der Waals surface area contributed by atoms with Crippen LogP contribution in [0.3, 0.4) is 0 Å². The highest BCUT2D eigenvalue weighted by atomic mass is 32.1. The zero-order valence-corrected chi connectivity index (χ0v) is 16.3. The van der Waals surface area contributed by atoms with E-state index in [0.717, 1.165) is 17.0 Å². The molecule has 156 valence electrons. The first kappa shape index (κ1) is 21.4. The van der Waals surface area contributed by atoms with E-state index in [1.54, 1.807) is 16.8 Å². The smallest absolute Gasteiger partial charge is 0.416 e. The molecule has 0 radical (unpaired) electrons. The molecule has 0 bridgehead atoms. The van der Waals surface area contributed by atoms with Gasteiger partial charge in [0, 0.05) is 6.54 Å². The number of carbonyl (C=O) groups excluding carboxylic acids is 2. The van der Waals surface area contributed by atoms with Gasteiger partial charge in [-0.05, 0) is 52.2 Å². The van der Waals surface area contributed by atoms with Gasteiger partial charge in [-0.15, -0.1) is 0 Å². The summed E-state index contributed by atoms with van der Waals surface area (Å²) in [5.74, 6) is -1.89. The van der Waals surface area contributed by atoms with E-state index in [1.165, 1.54) is 47.7 Å². The van der Waals surface area contributed by atoms with E-state index in [0.29, 0.717) is 5.56 Å². The third kappa shape index (κ3) is 4.62. The molecule has 3 N–H and O–H groups in total. The first-order valence-electron chi connectivity index (χ1n) is 8.75. The Morgan fingerprint density at radius 2 is 1.83 bits per heavy atom. The zero-order chi connectivity index (χ0) is 21.9. The quantitative estimate of drug-likeness (QED) is 0.605. The summed E-state index contributed by atoms with van der Waals surface area (Å²) < 4.78 is 39.3. The molecule has 0 aliphatic rings. The number of rotatable bonds is 6. The Bertz CT molecular complexity index is 1050. The van der Waals surface area contributed by atoms with Crippen molar-refractivity contribution in [2.24, 2.45) is 5.73 Å². The lowest BCUT2D eigenvalue weighted by molar-refractivity contribution is -0.137. The highest BCUT2D eigenvalue weighted by Crippen LogP contribution is 2.32. The average molecular weight is 434 g/mol. The van der Waals surface area contributed by atoms with Crippen LogP contribution in [0, 0.1) is 0 Å². The van der Waals surface area contributed by atoms with Crippen molar-refractivity contribution in [1.82, 2.24) is 4.90 Å². The first-order valence-corrected chi connectivity index (χ1v) is 9.69. The molecule has 0 spiro atoms. The van der Waals surface area contributed by atoms with E-state index in [9.17, 15) is 27.9 Å². The standard InChI is InChI=1S/C21H17F3N2O3S/c22-21(23,24)15-5-3-4-13(10-15)11-26(18(19(25)28)14-8-9-30-12-14)20(29)16-6-1-2-7-17(16)27/h1-10,12,18,27H,11H2,(H2,25,28)/t18-/m1/s1. The van der Waals surface area contributed by atoms with Crippen LogP contribution < -0.4 is 5.73 Å². The number of para-hydroxylation sites is 1. The number of nitrogens with two attached hydrogens (primary N) is 1. The maximum atomic E-state index is 13.2. The fraction of sp³-hybridized carbons (Fsp3) is 0.143. The summed E-state index contributed by atoms with van der Waals surface area (Å²) in [6.45, 7) is -0.319. The molecule has 1 atom stereocenters. The van der Waals surface area contributed by atoms with Crippen LogP contribution in [-0.2, 0) is 17.5 Å². The van der Waals surface area contributed by atoms with Crippen LogP contribution in [0.5, 0.6) is 5.75 Å². The number of amides is 2. The third-order valence-corrected chi connectivity index (χ3v) is 5.14. The van der Waals surface area contributed by atoms with Gasteiger partial charge in [-0.2, -0.15) is 24.5 Å². The molecule has 9 heteroatoms. The molecule has 0 saturated heterocycles. The van der Waals surface area contributed by atoms with Gasteiger partial charge >= 0.3 is 6.18 Å². The van der Waals surface area contributed by atoms with E-state index < -0.39 is 29.6 Å². The normalized spacial score (nSPS) is 12.4. The SMILES string of the molecule is NC(=O)[C@@H](c1ccsc1)N(Cc1cccc(C(F)(F)F)c1)C(=O)c1ccccc1O. The number of thiophene rings is 1. The minimum Gasteiger partial charge on any atom is -0.507 e. The Morgan fingerprint density at radius 1 is 1.10 bits per heavy atom. The number of hydrogen-bond donors (Lipinski definition) is 2. The van der Waals surface area contributed by atoms with E-state index in [2.05, 4.69) is 0 Å². The second-order valence-corrected chi connectivity index (χ2v) is 7.29. The minimum absolute atomic E-state index is 0.0917. The number of alkyl halides is 3. The second-order valence-electron chi connectivity index (χ2n) is 6.51. The van der Waals surface area contributed by atoms with Crippen molar-refractivity contribution < 1.29 is 27.9 Å². The van der Waals surface area contributed by atoms with Gasteiger partial charge < -0.3 is 15.7 Å². The number of hydrogen-bond acceptors (Lipinski definition) is 4. The molecule has 0 unspecified atom stereocenters. The van der Waals surface area contributed by atoms with Crippen molar-refractivity contribution in [2.45, 2.75) is 18.8 Å². The molecule has 0 aliphatic heterocycles. The second kappa shape index (κ2) is 8.58. The van der Waals surface area contributed by atoms with Crippen LogP contribution in [-0.4, -0.2) is 21.8 Å². The third-order valence-electron chi connectivity index (χ3n) is 4.44. The number of carbonyl (C=O) groups is 2. The van der Waals surface area contributed by atoms with Gasteiger partial charge in [0.25, 0.3) is 5.91 Å². The zero-order valence-electron chi connectivity index (χ0n) is 15.5. The molecule has 0 aliphatic carbocycles. The van der Waals surface area contributed by atoms with E-state index in [1.807, 2.05) is 0 Å².